The topological polar surface area (TPSA) is 52.7 Å². The second-order valence-electron chi connectivity index (χ2n) is 6.71. The molecule has 2 heterocycles. The van der Waals surface area contributed by atoms with Crippen molar-refractivity contribution in [2.45, 2.75) is 0 Å². The number of nitrogens with zero attached hydrogens (tertiary/aromatic N) is 4. The minimum atomic E-state index is -0.356. The molecule has 7 heteroatoms. The van der Waals surface area contributed by atoms with Crippen molar-refractivity contribution in [3.8, 4) is 22.8 Å². The predicted molar refractivity (Wildman–Crippen MR) is 118 cm³/mol. The fraction of sp³-hybridized carbons (Fsp3) is 0. The quantitative estimate of drug-likeness (QED) is 0.374. The largest absolute Gasteiger partial charge is 0.269 e. The molecule has 0 saturated carbocycles. The van der Waals surface area contributed by atoms with E-state index in [4.69, 9.17) is 0 Å². The van der Waals surface area contributed by atoms with Gasteiger partial charge in [-0.25, -0.2) is 14.1 Å². The summed E-state index contributed by atoms with van der Waals surface area (Å²) in [5.74, 6) is 0.0406. The molecule has 0 N–H and O–H groups in total. The van der Waals surface area contributed by atoms with Crippen LogP contribution in [0, 0.1) is 5.82 Å². The highest BCUT2D eigenvalue weighted by Gasteiger charge is 2.17. The molecular weight excluding hydrogens is 447 g/mol. The van der Waals surface area contributed by atoms with Crippen LogP contribution in [0.4, 0.5) is 4.39 Å². The van der Waals surface area contributed by atoms with Crippen molar-refractivity contribution in [1.29, 1.82) is 0 Å². The van der Waals surface area contributed by atoms with Gasteiger partial charge in [-0.15, -0.1) is 5.10 Å². The summed E-state index contributed by atoms with van der Waals surface area (Å²) in [4.78, 5) is 18.2. The second kappa shape index (κ2) is 7.35. The van der Waals surface area contributed by atoms with Crippen molar-refractivity contribution in [2.24, 2.45) is 0 Å². The Labute approximate surface area is 179 Å². The van der Waals surface area contributed by atoms with Crippen LogP contribution in [0.5, 0.6) is 0 Å². The van der Waals surface area contributed by atoms with Crippen LogP contribution in [0.3, 0.4) is 0 Å². The van der Waals surface area contributed by atoms with E-state index in [1.54, 1.807) is 23.0 Å². The van der Waals surface area contributed by atoms with Crippen molar-refractivity contribution in [2.75, 3.05) is 0 Å². The molecule has 146 valence electrons. The summed E-state index contributed by atoms with van der Waals surface area (Å²) < 4.78 is 17.5. The van der Waals surface area contributed by atoms with Crippen molar-refractivity contribution < 1.29 is 4.39 Å². The molecule has 5 nitrogen and oxygen atoms in total. The Kier molecular flexibility index (Phi) is 4.52. The standard InChI is InChI=1S/C23H14BrFN4O/c24-16-8-12-19(13-9-16)29-22(15-6-10-17(25)11-7-15)26-21-20(23(29)30)14-28(27-21)18-4-2-1-3-5-18/h1-14H. The van der Waals surface area contributed by atoms with Gasteiger partial charge in [-0.1, -0.05) is 34.1 Å². The predicted octanol–water partition coefficient (Wildman–Crippen LogP) is 5.14. The van der Waals surface area contributed by atoms with Crippen molar-refractivity contribution in [1.82, 2.24) is 19.3 Å². The summed E-state index contributed by atoms with van der Waals surface area (Å²) >= 11 is 3.42. The van der Waals surface area contributed by atoms with Gasteiger partial charge in [-0.3, -0.25) is 9.36 Å². The monoisotopic (exact) mass is 460 g/mol. The normalized spacial score (nSPS) is 11.1. The van der Waals surface area contributed by atoms with E-state index in [0.717, 1.165) is 10.2 Å². The van der Waals surface area contributed by atoms with Crippen molar-refractivity contribution >= 4 is 27.0 Å². The summed E-state index contributed by atoms with van der Waals surface area (Å²) in [6, 6.07) is 22.8. The Bertz CT molecular complexity index is 1410. The first kappa shape index (κ1) is 18.4. The zero-order valence-electron chi connectivity index (χ0n) is 15.5. The third-order valence-corrected chi connectivity index (χ3v) is 5.29. The average Bonchev–Trinajstić information content (AvgIpc) is 3.21. The molecule has 0 aliphatic rings. The van der Waals surface area contributed by atoms with E-state index >= 15 is 0 Å². The van der Waals surface area contributed by atoms with E-state index in [-0.39, 0.29) is 11.4 Å². The van der Waals surface area contributed by atoms with Gasteiger partial charge in [0.05, 0.1) is 11.4 Å². The van der Waals surface area contributed by atoms with Crippen LogP contribution in [-0.2, 0) is 0 Å². The van der Waals surface area contributed by atoms with Gasteiger partial charge in [0.1, 0.15) is 17.0 Å². The first-order chi connectivity index (χ1) is 14.6. The lowest BCUT2D eigenvalue weighted by atomic mass is 10.2. The summed E-state index contributed by atoms with van der Waals surface area (Å²) in [5.41, 5.74) is 2.19. The van der Waals surface area contributed by atoms with E-state index in [0.29, 0.717) is 28.1 Å². The number of fused-ring (bicyclic) bond motifs is 1. The van der Waals surface area contributed by atoms with Gasteiger partial charge in [0.25, 0.3) is 5.56 Å². The number of benzene rings is 3. The zero-order valence-corrected chi connectivity index (χ0v) is 17.1. The molecule has 0 fully saturated rings. The van der Waals surface area contributed by atoms with Gasteiger partial charge in [0, 0.05) is 16.2 Å². The number of hydrogen-bond acceptors (Lipinski definition) is 3. The fourth-order valence-electron chi connectivity index (χ4n) is 3.30. The van der Waals surface area contributed by atoms with Crippen LogP contribution in [0.1, 0.15) is 0 Å². The summed E-state index contributed by atoms with van der Waals surface area (Å²) in [5, 5.41) is 4.90. The maximum atomic E-state index is 13.5. The SMILES string of the molecule is O=c1c2cn(-c3ccccc3)nc2nc(-c2ccc(F)cc2)n1-c1ccc(Br)cc1. The smallest absolute Gasteiger partial charge is 0.268 e. The van der Waals surface area contributed by atoms with Crippen LogP contribution in [0.2, 0.25) is 0 Å². The maximum Gasteiger partial charge on any atom is 0.269 e. The lowest BCUT2D eigenvalue weighted by molar-refractivity contribution is 0.628. The van der Waals surface area contributed by atoms with E-state index in [2.05, 4.69) is 26.0 Å². The fourth-order valence-corrected chi connectivity index (χ4v) is 3.56. The van der Waals surface area contributed by atoms with E-state index in [9.17, 15) is 9.18 Å². The molecule has 0 unspecified atom stereocenters. The number of para-hydroxylation sites is 1. The molecule has 0 aliphatic heterocycles. The molecule has 0 amide bonds. The van der Waals surface area contributed by atoms with Crippen LogP contribution < -0.4 is 5.56 Å². The number of hydrogen-bond donors (Lipinski definition) is 0. The summed E-state index contributed by atoms with van der Waals surface area (Å²) in [6.45, 7) is 0. The van der Waals surface area contributed by atoms with Crippen LogP contribution in [-0.4, -0.2) is 19.3 Å². The Balaban J connectivity index is 1.81. The average molecular weight is 461 g/mol. The molecule has 3 aromatic carbocycles. The first-order valence-electron chi connectivity index (χ1n) is 9.20. The lowest BCUT2D eigenvalue weighted by Gasteiger charge is -2.12. The maximum absolute atomic E-state index is 13.5. The molecule has 0 radical (unpaired) electrons. The van der Waals surface area contributed by atoms with Crippen LogP contribution in [0.15, 0.2) is 94.3 Å². The highest BCUT2D eigenvalue weighted by Crippen LogP contribution is 2.23. The highest BCUT2D eigenvalue weighted by molar-refractivity contribution is 9.10. The Morgan fingerprint density at radius 3 is 2.23 bits per heavy atom. The van der Waals surface area contributed by atoms with E-state index in [1.807, 2.05) is 54.6 Å². The molecule has 30 heavy (non-hydrogen) atoms. The van der Waals surface area contributed by atoms with Gasteiger partial charge in [0.2, 0.25) is 0 Å². The first-order valence-corrected chi connectivity index (χ1v) is 9.99. The lowest BCUT2D eigenvalue weighted by Crippen LogP contribution is -2.21. The third-order valence-electron chi connectivity index (χ3n) is 4.76. The molecular formula is C23H14BrFN4O. The molecule has 5 aromatic rings. The Morgan fingerprint density at radius 2 is 1.53 bits per heavy atom. The molecule has 0 saturated heterocycles. The summed E-state index contributed by atoms with van der Waals surface area (Å²) in [6.07, 6.45) is 1.68. The number of halogens is 2. The van der Waals surface area contributed by atoms with Crippen LogP contribution >= 0.6 is 15.9 Å². The molecule has 2 aromatic heterocycles. The van der Waals surface area contributed by atoms with Crippen molar-refractivity contribution in [3.05, 3.63) is 106 Å². The van der Waals surface area contributed by atoms with Crippen LogP contribution in [0.25, 0.3) is 33.8 Å². The van der Waals surface area contributed by atoms with Gasteiger partial charge in [-0.05, 0) is 60.7 Å². The minimum absolute atomic E-state index is 0.246. The number of rotatable bonds is 3. The zero-order chi connectivity index (χ0) is 20.7. The molecule has 5 rings (SSSR count). The van der Waals surface area contributed by atoms with E-state index < -0.39 is 0 Å². The molecule has 0 atom stereocenters. The second-order valence-corrected chi connectivity index (χ2v) is 7.62. The molecule has 0 bridgehead atoms. The van der Waals surface area contributed by atoms with E-state index in [1.165, 1.54) is 16.7 Å². The van der Waals surface area contributed by atoms with Gasteiger partial charge in [-0.2, -0.15) is 0 Å². The molecule has 0 spiro atoms. The summed E-state index contributed by atoms with van der Waals surface area (Å²) in [7, 11) is 0. The van der Waals surface area contributed by atoms with Gasteiger partial charge in [0.15, 0.2) is 5.65 Å². The Morgan fingerprint density at radius 1 is 0.833 bits per heavy atom. The van der Waals surface area contributed by atoms with Gasteiger partial charge >= 0.3 is 0 Å². The third kappa shape index (κ3) is 3.23. The minimum Gasteiger partial charge on any atom is -0.268 e. The highest BCUT2D eigenvalue weighted by atomic mass is 79.9. The van der Waals surface area contributed by atoms with Gasteiger partial charge < -0.3 is 0 Å². The molecule has 0 aliphatic carbocycles. The number of aromatic nitrogens is 4. The Hall–Kier alpha value is -3.58. The van der Waals surface area contributed by atoms with Crippen molar-refractivity contribution in [3.63, 3.8) is 0 Å².